The average Bonchev–Trinajstić information content (AvgIpc) is 2.42. The van der Waals surface area contributed by atoms with E-state index in [0.717, 1.165) is 10.5 Å². The van der Waals surface area contributed by atoms with Crippen LogP contribution in [0, 0.1) is 0 Å². The molecule has 0 fully saturated rings. The lowest BCUT2D eigenvalue weighted by Crippen LogP contribution is -2.54. The average molecular weight is 306 g/mol. The molecule has 0 radical (unpaired) electrons. The van der Waals surface area contributed by atoms with E-state index < -0.39 is 17.7 Å². The number of carbonyl (C=O) groups excluding carboxylic acids is 1. The number of hydrogen-bond donors (Lipinski definition) is 2. The van der Waals surface area contributed by atoms with Gasteiger partial charge in [-0.15, -0.1) is 0 Å². The lowest BCUT2D eigenvalue weighted by molar-refractivity contribution is -0.125. The predicted molar refractivity (Wildman–Crippen MR) is 82.1 cm³/mol. The van der Waals surface area contributed by atoms with Crippen LogP contribution in [0.2, 0.25) is 0 Å². The maximum absolute atomic E-state index is 12.1. The van der Waals surface area contributed by atoms with Crippen molar-refractivity contribution in [3.05, 3.63) is 36.6 Å². The van der Waals surface area contributed by atoms with E-state index in [0.29, 0.717) is 6.42 Å². The van der Waals surface area contributed by atoms with Crippen molar-refractivity contribution in [1.29, 1.82) is 0 Å². The quantitative estimate of drug-likeness (QED) is 0.865. The third-order valence-electron chi connectivity index (χ3n) is 3.01. The first-order chi connectivity index (χ1) is 10.2. The summed E-state index contributed by atoms with van der Waals surface area (Å²) < 4.78 is 0. The summed E-state index contributed by atoms with van der Waals surface area (Å²) in [4.78, 5) is 32.3. The second kappa shape index (κ2) is 7.53. The number of amides is 2. The number of rotatable bonds is 5. The molecule has 1 aromatic rings. The monoisotopic (exact) mass is 306 g/mol. The Hall–Kier alpha value is -2.44. The second-order valence-electron chi connectivity index (χ2n) is 5.86. The normalized spacial score (nSPS) is 12.9. The van der Waals surface area contributed by atoms with E-state index in [1.54, 1.807) is 46.2 Å². The minimum Gasteiger partial charge on any atom is -0.465 e. The summed E-state index contributed by atoms with van der Waals surface area (Å²) in [6.07, 6.45) is 7.54. The molecule has 0 saturated carbocycles. The zero-order valence-corrected chi connectivity index (χ0v) is 13.3. The number of allylic oxidation sites excluding steroid dienone is 1. The van der Waals surface area contributed by atoms with Gasteiger partial charge in [0.1, 0.15) is 12.4 Å². The molecule has 7 nitrogen and oxygen atoms in total. The first-order valence-corrected chi connectivity index (χ1v) is 6.95. The number of carbonyl (C=O) groups is 2. The summed E-state index contributed by atoms with van der Waals surface area (Å²) in [5.41, 5.74) is 0.260. The van der Waals surface area contributed by atoms with Gasteiger partial charge in [-0.2, -0.15) is 0 Å². The standard InChI is InChI=1S/C15H22N4O3/c1-11(19(14(21)22)15(2,3)4)13(20)18-7-5-6-12-8-16-10-17-9-12/h5,7-11H,6H2,1-4H3,(H,18,20)(H,21,22)/b7-5+. The topological polar surface area (TPSA) is 95.4 Å². The van der Waals surface area contributed by atoms with Gasteiger partial charge in [-0.05, 0) is 39.7 Å². The van der Waals surface area contributed by atoms with E-state index in [-0.39, 0.29) is 5.91 Å². The SMILES string of the molecule is CC(C(=O)N/C=C/Cc1cncnc1)N(C(=O)O)C(C)(C)C. The third kappa shape index (κ3) is 5.16. The molecule has 7 heteroatoms. The Kier molecular flexibility index (Phi) is 6.03. The molecule has 0 saturated heterocycles. The van der Waals surface area contributed by atoms with Crippen LogP contribution in [0.25, 0.3) is 0 Å². The summed E-state index contributed by atoms with van der Waals surface area (Å²) in [5.74, 6) is -0.377. The smallest absolute Gasteiger partial charge is 0.408 e. The Labute approximate surface area is 130 Å². The fourth-order valence-corrected chi connectivity index (χ4v) is 2.04. The van der Waals surface area contributed by atoms with Crippen molar-refractivity contribution in [2.45, 2.75) is 45.7 Å². The van der Waals surface area contributed by atoms with E-state index in [1.807, 2.05) is 0 Å². The number of nitrogens with one attached hydrogen (secondary N) is 1. The summed E-state index contributed by atoms with van der Waals surface area (Å²) >= 11 is 0. The zero-order chi connectivity index (χ0) is 16.8. The van der Waals surface area contributed by atoms with Crippen molar-refractivity contribution in [3.8, 4) is 0 Å². The molecular formula is C15H22N4O3. The summed E-state index contributed by atoms with van der Waals surface area (Å²) in [7, 11) is 0. The fourth-order valence-electron chi connectivity index (χ4n) is 2.04. The van der Waals surface area contributed by atoms with Crippen LogP contribution in [0.3, 0.4) is 0 Å². The molecular weight excluding hydrogens is 284 g/mol. The Balaban J connectivity index is 2.58. The number of hydrogen-bond acceptors (Lipinski definition) is 4. The van der Waals surface area contributed by atoms with Gasteiger partial charge in [0.05, 0.1) is 0 Å². The van der Waals surface area contributed by atoms with Crippen LogP contribution >= 0.6 is 0 Å². The fraction of sp³-hybridized carbons (Fsp3) is 0.467. The molecule has 1 aromatic heterocycles. The molecule has 0 bridgehead atoms. The Bertz CT molecular complexity index is 537. The van der Waals surface area contributed by atoms with Gasteiger partial charge >= 0.3 is 6.09 Å². The molecule has 0 aliphatic heterocycles. The molecule has 0 aromatic carbocycles. The van der Waals surface area contributed by atoms with Gasteiger partial charge in [0, 0.05) is 24.1 Å². The van der Waals surface area contributed by atoms with E-state index >= 15 is 0 Å². The van der Waals surface area contributed by atoms with Crippen LogP contribution in [-0.2, 0) is 11.2 Å². The second-order valence-corrected chi connectivity index (χ2v) is 5.86. The molecule has 22 heavy (non-hydrogen) atoms. The van der Waals surface area contributed by atoms with Crippen molar-refractivity contribution >= 4 is 12.0 Å². The summed E-state index contributed by atoms with van der Waals surface area (Å²) in [6.45, 7) is 6.80. The highest BCUT2D eigenvalue weighted by Gasteiger charge is 2.34. The highest BCUT2D eigenvalue weighted by atomic mass is 16.4. The molecule has 1 atom stereocenters. The van der Waals surface area contributed by atoms with Crippen molar-refractivity contribution in [3.63, 3.8) is 0 Å². The van der Waals surface area contributed by atoms with Crippen molar-refractivity contribution in [1.82, 2.24) is 20.2 Å². The van der Waals surface area contributed by atoms with Gasteiger partial charge in [0.15, 0.2) is 0 Å². The number of carboxylic acid groups (broad SMARTS) is 1. The van der Waals surface area contributed by atoms with Crippen LogP contribution in [0.15, 0.2) is 31.0 Å². The van der Waals surface area contributed by atoms with E-state index in [1.165, 1.54) is 12.5 Å². The lowest BCUT2D eigenvalue weighted by atomic mass is 10.0. The van der Waals surface area contributed by atoms with Crippen LogP contribution in [-0.4, -0.2) is 43.6 Å². The maximum Gasteiger partial charge on any atom is 0.408 e. The van der Waals surface area contributed by atoms with E-state index in [9.17, 15) is 14.7 Å². The van der Waals surface area contributed by atoms with Gasteiger partial charge in [0.25, 0.3) is 0 Å². The first kappa shape index (κ1) is 17.6. The molecule has 1 heterocycles. The molecule has 2 amide bonds. The molecule has 2 N–H and O–H groups in total. The molecule has 0 spiro atoms. The molecule has 120 valence electrons. The minimum absolute atomic E-state index is 0.377. The highest BCUT2D eigenvalue weighted by molar-refractivity contribution is 5.85. The minimum atomic E-state index is -1.12. The van der Waals surface area contributed by atoms with Crippen LogP contribution < -0.4 is 5.32 Å². The van der Waals surface area contributed by atoms with Crippen LogP contribution in [0.5, 0.6) is 0 Å². The third-order valence-corrected chi connectivity index (χ3v) is 3.01. The van der Waals surface area contributed by atoms with Gasteiger partial charge in [-0.3, -0.25) is 9.69 Å². The first-order valence-electron chi connectivity index (χ1n) is 6.95. The predicted octanol–water partition coefficient (Wildman–Crippen LogP) is 1.82. The Morgan fingerprint density at radius 3 is 2.45 bits per heavy atom. The summed E-state index contributed by atoms with van der Waals surface area (Å²) in [5, 5.41) is 11.9. The van der Waals surface area contributed by atoms with Gasteiger partial charge in [0.2, 0.25) is 5.91 Å². The number of aromatic nitrogens is 2. The van der Waals surface area contributed by atoms with Crippen molar-refractivity contribution < 1.29 is 14.7 Å². The van der Waals surface area contributed by atoms with Crippen molar-refractivity contribution in [2.75, 3.05) is 0 Å². The van der Waals surface area contributed by atoms with Gasteiger partial charge in [-0.1, -0.05) is 6.08 Å². The highest BCUT2D eigenvalue weighted by Crippen LogP contribution is 2.17. The van der Waals surface area contributed by atoms with Gasteiger partial charge in [-0.25, -0.2) is 14.8 Å². The molecule has 1 rings (SSSR count). The van der Waals surface area contributed by atoms with Crippen LogP contribution in [0.4, 0.5) is 4.79 Å². The number of nitrogens with zero attached hydrogens (tertiary/aromatic N) is 3. The van der Waals surface area contributed by atoms with E-state index in [2.05, 4.69) is 15.3 Å². The molecule has 0 aliphatic rings. The molecule has 0 aliphatic carbocycles. The van der Waals surface area contributed by atoms with E-state index in [4.69, 9.17) is 0 Å². The zero-order valence-electron chi connectivity index (χ0n) is 13.3. The lowest BCUT2D eigenvalue weighted by Gasteiger charge is -2.36. The van der Waals surface area contributed by atoms with Crippen molar-refractivity contribution in [2.24, 2.45) is 0 Å². The molecule has 1 unspecified atom stereocenters. The maximum atomic E-state index is 12.1. The summed E-state index contributed by atoms with van der Waals surface area (Å²) in [6, 6.07) is -0.790. The Morgan fingerprint density at radius 2 is 1.95 bits per heavy atom. The van der Waals surface area contributed by atoms with Gasteiger partial charge < -0.3 is 10.4 Å². The van der Waals surface area contributed by atoms with Crippen LogP contribution in [0.1, 0.15) is 33.3 Å². The Morgan fingerprint density at radius 1 is 1.36 bits per heavy atom. The largest absolute Gasteiger partial charge is 0.465 e.